The highest BCUT2D eigenvalue weighted by atomic mass is 16.6. The predicted molar refractivity (Wildman–Crippen MR) is 144 cm³/mol. The van der Waals surface area contributed by atoms with Crippen molar-refractivity contribution in [2.75, 3.05) is 31.6 Å². The molecule has 1 fully saturated rings. The lowest BCUT2D eigenvalue weighted by Crippen LogP contribution is -2.39. The van der Waals surface area contributed by atoms with Crippen molar-refractivity contribution in [1.29, 1.82) is 0 Å². The summed E-state index contributed by atoms with van der Waals surface area (Å²) in [5.41, 5.74) is 1.69. The first-order valence-electron chi connectivity index (χ1n) is 13.1. The molecule has 0 saturated heterocycles. The second-order valence-corrected chi connectivity index (χ2v) is 9.59. The second-order valence-electron chi connectivity index (χ2n) is 9.59. The van der Waals surface area contributed by atoms with Gasteiger partial charge >= 0.3 is 12.0 Å². The molecular weight excluding hydrogens is 490 g/mol. The summed E-state index contributed by atoms with van der Waals surface area (Å²) in [4.78, 5) is 36.9. The van der Waals surface area contributed by atoms with Gasteiger partial charge in [0.05, 0.1) is 11.5 Å². The Kier molecular flexibility index (Phi) is 10.9. The van der Waals surface area contributed by atoms with E-state index in [0.29, 0.717) is 42.6 Å². The monoisotopic (exact) mass is 527 g/mol. The maximum absolute atomic E-state index is 13.1. The van der Waals surface area contributed by atoms with Crippen molar-refractivity contribution in [1.82, 2.24) is 4.90 Å². The fraction of sp³-hybridized carbons (Fsp3) is 0.500. The normalized spacial score (nSPS) is 14.2. The molecule has 10 heteroatoms. The molecule has 2 N–H and O–H groups in total. The molecule has 2 aromatic carbocycles. The van der Waals surface area contributed by atoms with E-state index in [-0.39, 0.29) is 24.7 Å². The number of carboxylic acid groups (broad SMARTS) is 1. The summed E-state index contributed by atoms with van der Waals surface area (Å²) in [5.74, 6) is 0.219. The van der Waals surface area contributed by atoms with Gasteiger partial charge in [-0.25, -0.2) is 9.59 Å². The van der Waals surface area contributed by atoms with Gasteiger partial charge in [-0.3, -0.25) is 10.1 Å². The number of benzene rings is 2. The largest absolute Gasteiger partial charge is 0.492 e. The number of aryl methyl sites for hydroxylation is 1. The molecule has 0 spiro atoms. The smallest absolute Gasteiger partial charge is 0.333 e. The lowest BCUT2D eigenvalue weighted by molar-refractivity contribution is -0.385. The number of nitro groups is 1. The van der Waals surface area contributed by atoms with Crippen LogP contribution in [0.1, 0.15) is 50.2 Å². The van der Waals surface area contributed by atoms with E-state index in [1.807, 2.05) is 0 Å². The standard InChI is InChI=1S/C28H37N3O7/c1-3-37-26(27(32)33)18-22-9-12-24(13-10-22)38-17-16-30(15-14-21-6-4-5-7-21)28(34)29-23-11-8-20(2)25(19-23)31(35)36/h8-13,19,21,26H,3-7,14-18H2,1-2H3,(H,29,34)(H,32,33). The Balaban J connectivity index is 1.58. The molecule has 1 saturated carbocycles. The summed E-state index contributed by atoms with van der Waals surface area (Å²) in [7, 11) is 0. The van der Waals surface area contributed by atoms with Crippen LogP contribution in [0.4, 0.5) is 16.2 Å². The Labute approximate surface area is 223 Å². The molecule has 206 valence electrons. The van der Waals surface area contributed by atoms with Crippen LogP contribution >= 0.6 is 0 Å². The number of nitro benzene ring substituents is 1. The summed E-state index contributed by atoms with van der Waals surface area (Å²) < 4.78 is 11.1. The number of carbonyl (C=O) groups is 2. The Morgan fingerprint density at radius 3 is 2.50 bits per heavy atom. The van der Waals surface area contributed by atoms with Gasteiger partial charge in [-0.05, 0) is 49.9 Å². The summed E-state index contributed by atoms with van der Waals surface area (Å²) >= 11 is 0. The fourth-order valence-corrected chi connectivity index (χ4v) is 4.67. The highest BCUT2D eigenvalue weighted by Crippen LogP contribution is 2.28. The molecule has 10 nitrogen and oxygen atoms in total. The Morgan fingerprint density at radius 2 is 1.87 bits per heavy atom. The van der Waals surface area contributed by atoms with Gasteiger partial charge in [0, 0.05) is 36.9 Å². The van der Waals surface area contributed by atoms with E-state index in [4.69, 9.17) is 9.47 Å². The molecule has 2 aromatic rings. The van der Waals surface area contributed by atoms with Crippen molar-refractivity contribution in [3.63, 3.8) is 0 Å². The Hall–Kier alpha value is -3.66. The first-order valence-corrected chi connectivity index (χ1v) is 13.1. The quantitative estimate of drug-likeness (QED) is 0.247. The molecule has 1 unspecified atom stereocenters. The van der Waals surface area contributed by atoms with Crippen LogP contribution in [0.25, 0.3) is 0 Å². The van der Waals surface area contributed by atoms with E-state index in [1.54, 1.807) is 55.1 Å². The number of carbonyl (C=O) groups excluding carboxylic acids is 1. The summed E-state index contributed by atoms with van der Waals surface area (Å²) in [6.45, 7) is 4.92. The van der Waals surface area contributed by atoms with Gasteiger partial charge in [0.15, 0.2) is 6.10 Å². The first kappa shape index (κ1) is 28.9. The van der Waals surface area contributed by atoms with Gasteiger partial charge in [-0.15, -0.1) is 0 Å². The minimum absolute atomic E-state index is 0.0389. The Bertz CT molecular complexity index is 1080. The number of urea groups is 1. The van der Waals surface area contributed by atoms with Gasteiger partial charge in [0.25, 0.3) is 5.69 Å². The first-order chi connectivity index (χ1) is 18.3. The van der Waals surface area contributed by atoms with E-state index >= 15 is 0 Å². The average molecular weight is 528 g/mol. The van der Waals surface area contributed by atoms with Crippen molar-refractivity contribution >= 4 is 23.4 Å². The molecule has 1 aliphatic rings. The maximum atomic E-state index is 13.1. The van der Waals surface area contributed by atoms with Gasteiger partial charge in [-0.1, -0.05) is 43.9 Å². The Morgan fingerprint density at radius 1 is 1.16 bits per heavy atom. The predicted octanol–water partition coefficient (Wildman–Crippen LogP) is 5.43. The second kappa shape index (κ2) is 14.3. The number of hydrogen-bond acceptors (Lipinski definition) is 6. The number of ether oxygens (including phenoxy) is 2. The molecule has 0 aliphatic heterocycles. The highest BCUT2D eigenvalue weighted by molar-refractivity contribution is 5.89. The van der Waals surface area contributed by atoms with E-state index in [1.165, 1.54) is 31.7 Å². The van der Waals surface area contributed by atoms with Crippen LogP contribution in [0.15, 0.2) is 42.5 Å². The molecular formula is C28H37N3O7. The lowest BCUT2D eigenvalue weighted by atomic mass is 10.0. The highest BCUT2D eigenvalue weighted by Gasteiger charge is 2.21. The third-order valence-electron chi connectivity index (χ3n) is 6.84. The maximum Gasteiger partial charge on any atom is 0.333 e. The van der Waals surface area contributed by atoms with Crippen molar-refractivity contribution < 1.29 is 29.1 Å². The van der Waals surface area contributed by atoms with E-state index < -0.39 is 17.0 Å². The van der Waals surface area contributed by atoms with Crippen LogP contribution in [0, 0.1) is 23.0 Å². The molecule has 3 rings (SSSR count). The molecule has 0 radical (unpaired) electrons. The lowest BCUT2D eigenvalue weighted by Gasteiger charge is -2.24. The SMILES string of the molecule is CCOC(Cc1ccc(OCCN(CCC2CCCC2)C(=O)Nc2ccc(C)c([N+](=O)[O-])c2)cc1)C(=O)O. The van der Waals surface area contributed by atoms with E-state index in [2.05, 4.69) is 5.32 Å². The molecule has 0 bridgehead atoms. The third kappa shape index (κ3) is 8.72. The summed E-state index contributed by atoms with van der Waals surface area (Å²) in [6.07, 6.45) is 5.06. The van der Waals surface area contributed by atoms with Crippen molar-refractivity contribution in [2.24, 2.45) is 5.92 Å². The minimum atomic E-state index is -0.997. The number of anilines is 1. The number of rotatable bonds is 14. The van der Waals surface area contributed by atoms with Crippen molar-refractivity contribution in [3.05, 3.63) is 63.7 Å². The number of hydrogen-bond donors (Lipinski definition) is 2. The summed E-state index contributed by atoms with van der Waals surface area (Å²) in [6, 6.07) is 11.5. The number of nitrogens with zero attached hydrogens (tertiary/aromatic N) is 2. The number of carboxylic acids is 1. The number of amides is 2. The fourth-order valence-electron chi connectivity index (χ4n) is 4.67. The minimum Gasteiger partial charge on any atom is -0.492 e. The molecule has 0 heterocycles. The van der Waals surface area contributed by atoms with Crippen molar-refractivity contribution in [2.45, 2.75) is 58.5 Å². The molecule has 0 aromatic heterocycles. The van der Waals surface area contributed by atoms with Crippen LogP contribution in [0.2, 0.25) is 0 Å². The van der Waals surface area contributed by atoms with Gasteiger partial charge in [-0.2, -0.15) is 0 Å². The molecule has 1 aliphatic carbocycles. The third-order valence-corrected chi connectivity index (χ3v) is 6.84. The van der Waals surface area contributed by atoms with Crippen LogP contribution < -0.4 is 10.1 Å². The van der Waals surface area contributed by atoms with Crippen LogP contribution in [0.3, 0.4) is 0 Å². The molecule has 1 atom stereocenters. The zero-order valence-corrected chi connectivity index (χ0v) is 22.1. The molecule has 38 heavy (non-hydrogen) atoms. The van der Waals surface area contributed by atoms with E-state index in [9.17, 15) is 24.8 Å². The van der Waals surface area contributed by atoms with Crippen LogP contribution in [-0.2, 0) is 16.0 Å². The number of aliphatic carboxylic acids is 1. The van der Waals surface area contributed by atoms with Gasteiger partial charge < -0.3 is 24.8 Å². The van der Waals surface area contributed by atoms with Gasteiger partial charge in [0.1, 0.15) is 12.4 Å². The zero-order valence-electron chi connectivity index (χ0n) is 22.1. The van der Waals surface area contributed by atoms with Crippen LogP contribution in [-0.4, -0.2) is 59.3 Å². The zero-order chi connectivity index (χ0) is 27.5. The van der Waals surface area contributed by atoms with E-state index in [0.717, 1.165) is 12.0 Å². The number of nitrogens with one attached hydrogen (secondary N) is 1. The van der Waals surface area contributed by atoms with Crippen LogP contribution in [0.5, 0.6) is 5.75 Å². The van der Waals surface area contributed by atoms with Crippen molar-refractivity contribution in [3.8, 4) is 5.75 Å². The average Bonchev–Trinajstić information content (AvgIpc) is 3.41. The topological polar surface area (TPSA) is 131 Å². The summed E-state index contributed by atoms with van der Waals surface area (Å²) in [5, 5.41) is 23.4. The van der Waals surface area contributed by atoms with Gasteiger partial charge in [0.2, 0.25) is 0 Å². The molecule has 2 amide bonds.